The minimum Gasteiger partial charge on any atom is -0.490 e. The van der Waals surface area contributed by atoms with E-state index in [-0.39, 0.29) is 19.2 Å². The van der Waals surface area contributed by atoms with Crippen LogP contribution in [0.25, 0.3) is 11.0 Å². The van der Waals surface area contributed by atoms with Gasteiger partial charge in [0, 0.05) is 31.0 Å². The number of furan rings is 1. The highest BCUT2D eigenvalue weighted by Crippen LogP contribution is 2.37. The summed E-state index contributed by atoms with van der Waals surface area (Å²) in [5.74, 6) is 0.599. The number of nitrogens with zero attached hydrogens (tertiary/aromatic N) is 1. The summed E-state index contributed by atoms with van der Waals surface area (Å²) in [6.45, 7) is 4.73. The highest BCUT2D eigenvalue weighted by Gasteiger charge is 2.19. The first kappa shape index (κ1) is 20.6. The number of hydrogen-bond donors (Lipinski definition) is 2. The Morgan fingerprint density at radius 2 is 2.17 bits per heavy atom. The molecule has 0 bridgehead atoms. The largest absolute Gasteiger partial charge is 0.516 e. The maximum absolute atomic E-state index is 11.6. The summed E-state index contributed by atoms with van der Waals surface area (Å²) in [5.41, 5.74) is 2.17. The second-order valence-corrected chi connectivity index (χ2v) is 6.39. The van der Waals surface area contributed by atoms with E-state index in [1.165, 1.54) is 0 Å². The molecular formula is C21H24N2O6. The summed E-state index contributed by atoms with van der Waals surface area (Å²) in [5, 5.41) is 14.0. The van der Waals surface area contributed by atoms with E-state index < -0.39 is 12.3 Å². The zero-order valence-electron chi connectivity index (χ0n) is 16.4. The predicted molar refractivity (Wildman–Crippen MR) is 106 cm³/mol. The van der Waals surface area contributed by atoms with Crippen molar-refractivity contribution in [3.63, 3.8) is 0 Å². The fourth-order valence-corrected chi connectivity index (χ4v) is 2.82. The summed E-state index contributed by atoms with van der Waals surface area (Å²) in [6.07, 6.45) is 1.96. The lowest BCUT2D eigenvalue weighted by atomic mass is 10.1. The molecule has 0 amide bonds. The molecule has 0 aliphatic rings. The standard InChI is InChI=1S/C21H24N2O6/c1-3-26-21(25)29-20-14(2)19-17(7-4-8-18(19)28-20)27-13-16(24)12-23-11-15-6-5-9-22-10-15/h4-10,16,23-24H,3,11-13H2,1-2H3. The van der Waals surface area contributed by atoms with Crippen molar-refractivity contribution in [2.24, 2.45) is 0 Å². The average Bonchev–Trinajstić information content (AvgIpc) is 3.03. The predicted octanol–water partition coefficient (Wildman–Crippen LogP) is 3.20. The van der Waals surface area contributed by atoms with Gasteiger partial charge in [-0.05, 0) is 37.6 Å². The summed E-state index contributed by atoms with van der Waals surface area (Å²) < 4.78 is 21.3. The molecule has 0 saturated heterocycles. The molecule has 0 radical (unpaired) electrons. The van der Waals surface area contributed by atoms with Gasteiger partial charge in [-0.15, -0.1) is 0 Å². The van der Waals surface area contributed by atoms with Crippen molar-refractivity contribution in [2.75, 3.05) is 19.8 Å². The zero-order valence-corrected chi connectivity index (χ0v) is 16.4. The lowest BCUT2D eigenvalue weighted by Gasteiger charge is -2.14. The van der Waals surface area contributed by atoms with Crippen LogP contribution in [0.3, 0.4) is 0 Å². The smallest absolute Gasteiger partial charge is 0.490 e. The summed E-state index contributed by atoms with van der Waals surface area (Å²) >= 11 is 0. The maximum Gasteiger partial charge on any atom is 0.516 e. The van der Waals surface area contributed by atoms with Crippen molar-refractivity contribution in [2.45, 2.75) is 26.5 Å². The molecule has 1 aromatic carbocycles. The minimum absolute atomic E-state index is 0.0631. The van der Waals surface area contributed by atoms with Gasteiger partial charge in [-0.2, -0.15) is 0 Å². The van der Waals surface area contributed by atoms with Crippen LogP contribution < -0.4 is 14.8 Å². The van der Waals surface area contributed by atoms with Crippen LogP contribution in [0.15, 0.2) is 47.1 Å². The number of nitrogens with one attached hydrogen (secondary N) is 1. The highest BCUT2D eigenvalue weighted by atomic mass is 16.8. The van der Waals surface area contributed by atoms with Gasteiger partial charge in [-0.25, -0.2) is 4.79 Å². The third-order valence-electron chi connectivity index (χ3n) is 4.17. The van der Waals surface area contributed by atoms with Crippen LogP contribution in [0.1, 0.15) is 18.1 Å². The quantitative estimate of drug-likeness (QED) is 0.528. The monoisotopic (exact) mass is 400 g/mol. The van der Waals surface area contributed by atoms with E-state index in [2.05, 4.69) is 10.3 Å². The number of aromatic nitrogens is 1. The van der Waals surface area contributed by atoms with Crippen molar-refractivity contribution in [3.8, 4) is 11.7 Å². The summed E-state index contributed by atoms with van der Waals surface area (Å²) in [7, 11) is 0. The van der Waals surface area contributed by atoms with Crippen molar-refractivity contribution >= 4 is 17.1 Å². The molecule has 2 aromatic heterocycles. The van der Waals surface area contributed by atoms with Gasteiger partial charge in [0.15, 0.2) is 0 Å². The molecule has 3 rings (SSSR count). The van der Waals surface area contributed by atoms with Gasteiger partial charge in [0.1, 0.15) is 24.0 Å². The Balaban J connectivity index is 1.59. The lowest BCUT2D eigenvalue weighted by molar-refractivity contribution is 0.0953. The highest BCUT2D eigenvalue weighted by molar-refractivity contribution is 5.89. The van der Waals surface area contributed by atoms with Gasteiger partial charge in [-0.3, -0.25) is 4.98 Å². The molecule has 1 atom stereocenters. The van der Waals surface area contributed by atoms with Crippen molar-refractivity contribution in [1.82, 2.24) is 10.3 Å². The molecule has 8 heteroatoms. The fourth-order valence-electron chi connectivity index (χ4n) is 2.82. The third kappa shape index (κ3) is 5.46. The first-order chi connectivity index (χ1) is 14.1. The van der Waals surface area contributed by atoms with Gasteiger partial charge >= 0.3 is 6.16 Å². The second-order valence-electron chi connectivity index (χ2n) is 6.39. The molecule has 0 aliphatic heterocycles. The Kier molecular flexibility index (Phi) is 7.04. The molecule has 0 spiro atoms. The molecule has 29 heavy (non-hydrogen) atoms. The minimum atomic E-state index is -0.827. The van der Waals surface area contributed by atoms with Gasteiger partial charge in [-0.1, -0.05) is 12.1 Å². The van der Waals surface area contributed by atoms with E-state index in [4.69, 9.17) is 18.6 Å². The lowest BCUT2D eigenvalue weighted by Crippen LogP contribution is -2.31. The molecule has 154 valence electrons. The third-order valence-corrected chi connectivity index (χ3v) is 4.17. The van der Waals surface area contributed by atoms with Gasteiger partial charge in [0.25, 0.3) is 5.95 Å². The van der Waals surface area contributed by atoms with Crippen LogP contribution in [-0.2, 0) is 11.3 Å². The number of ether oxygens (including phenoxy) is 3. The normalized spacial score (nSPS) is 12.0. The van der Waals surface area contributed by atoms with Crippen LogP contribution in [0.2, 0.25) is 0 Å². The molecular weight excluding hydrogens is 376 g/mol. The number of rotatable bonds is 9. The first-order valence-corrected chi connectivity index (χ1v) is 9.35. The average molecular weight is 400 g/mol. The van der Waals surface area contributed by atoms with E-state index in [9.17, 15) is 9.90 Å². The van der Waals surface area contributed by atoms with Gasteiger partial charge < -0.3 is 29.1 Å². The van der Waals surface area contributed by atoms with E-state index >= 15 is 0 Å². The Morgan fingerprint density at radius 1 is 1.31 bits per heavy atom. The number of carbonyl (C=O) groups excluding carboxylic acids is 1. The van der Waals surface area contributed by atoms with Crippen LogP contribution in [0.4, 0.5) is 4.79 Å². The molecule has 0 aliphatic carbocycles. The summed E-state index contributed by atoms with van der Waals surface area (Å²) in [6, 6.07) is 9.11. The molecule has 3 aromatic rings. The second kappa shape index (κ2) is 9.90. The molecule has 0 fully saturated rings. The number of pyridine rings is 1. The Morgan fingerprint density at radius 3 is 2.93 bits per heavy atom. The Bertz CT molecular complexity index is 941. The van der Waals surface area contributed by atoms with Crippen LogP contribution in [0, 0.1) is 6.92 Å². The van der Waals surface area contributed by atoms with Crippen molar-refractivity contribution in [1.29, 1.82) is 0 Å². The number of aliphatic hydroxyl groups excluding tert-OH is 1. The SMILES string of the molecule is CCOC(=O)Oc1oc2cccc(OCC(O)CNCc3cccnc3)c2c1C. The van der Waals surface area contributed by atoms with Crippen molar-refractivity contribution < 1.29 is 28.5 Å². The summed E-state index contributed by atoms with van der Waals surface area (Å²) in [4.78, 5) is 15.6. The number of aryl methyl sites for hydroxylation is 1. The Labute approximate surface area is 168 Å². The molecule has 8 nitrogen and oxygen atoms in total. The van der Waals surface area contributed by atoms with Crippen molar-refractivity contribution in [3.05, 3.63) is 53.9 Å². The molecule has 2 heterocycles. The number of aliphatic hydroxyl groups is 1. The number of carbonyl (C=O) groups is 1. The van der Waals surface area contributed by atoms with Crippen LogP contribution in [-0.4, -0.2) is 42.1 Å². The van der Waals surface area contributed by atoms with E-state index in [1.807, 2.05) is 12.1 Å². The fraction of sp³-hybridized carbons (Fsp3) is 0.333. The molecule has 2 N–H and O–H groups in total. The number of fused-ring (bicyclic) bond motifs is 1. The van der Waals surface area contributed by atoms with Gasteiger partial charge in [0.05, 0.1) is 12.0 Å². The van der Waals surface area contributed by atoms with Gasteiger partial charge in [0.2, 0.25) is 0 Å². The first-order valence-electron chi connectivity index (χ1n) is 9.35. The molecule has 1 unspecified atom stereocenters. The maximum atomic E-state index is 11.6. The van der Waals surface area contributed by atoms with E-state index in [0.29, 0.717) is 35.4 Å². The molecule has 0 saturated carbocycles. The number of hydrogen-bond acceptors (Lipinski definition) is 8. The zero-order chi connectivity index (χ0) is 20.6. The van der Waals surface area contributed by atoms with E-state index in [0.717, 1.165) is 5.56 Å². The topological polar surface area (TPSA) is 103 Å². The van der Waals surface area contributed by atoms with E-state index in [1.54, 1.807) is 44.4 Å². The Hall–Kier alpha value is -3.10. The number of benzene rings is 1. The van der Waals surface area contributed by atoms with Crippen LogP contribution >= 0.6 is 0 Å². The van der Waals surface area contributed by atoms with Crippen LogP contribution in [0.5, 0.6) is 11.7 Å².